The molecule has 0 bridgehead atoms. The number of rotatable bonds is 2. The standard InChI is InChI=1S/C10H11FNO2.Rb.Re/c1-6(12)10(11)7-2-3-8-9(4-7)14-5-13-8;;/h2-4,6,10,12H,5H2,1H3;;/q-1;+1;. The van der Waals surface area contributed by atoms with Crippen LogP contribution in [0.15, 0.2) is 18.2 Å². The number of hydrogen-bond donors (Lipinski definition) is 0. The molecular weight excluding hydrogens is 457 g/mol. The molecule has 1 heterocycles. The summed E-state index contributed by atoms with van der Waals surface area (Å²) in [6, 6.07) is 4.13. The first-order valence-electron chi connectivity index (χ1n) is 4.43. The van der Waals surface area contributed by atoms with E-state index < -0.39 is 12.2 Å². The van der Waals surface area contributed by atoms with E-state index in [9.17, 15) is 4.39 Å². The van der Waals surface area contributed by atoms with Crippen molar-refractivity contribution in [2.24, 2.45) is 0 Å². The number of hydrogen-bond acceptors (Lipinski definition) is 2. The summed E-state index contributed by atoms with van der Waals surface area (Å²) in [5.41, 5.74) is 7.74. The fraction of sp³-hybridized carbons (Fsp3) is 0.400. The molecule has 83 valence electrons. The topological polar surface area (TPSA) is 42.3 Å². The van der Waals surface area contributed by atoms with E-state index in [0.29, 0.717) is 17.1 Å². The quantitative estimate of drug-likeness (QED) is 0.608. The Balaban J connectivity index is 0.00000112. The maximum atomic E-state index is 13.4. The van der Waals surface area contributed by atoms with Crippen LogP contribution in [0.2, 0.25) is 0 Å². The summed E-state index contributed by atoms with van der Waals surface area (Å²) in [5.74, 6) is 1.20. The van der Waals surface area contributed by atoms with Crippen molar-refractivity contribution in [3.05, 3.63) is 29.5 Å². The summed E-state index contributed by atoms with van der Waals surface area (Å²) in [6.45, 7) is 1.71. The van der Waals surface area contributed by atoms with Gasteiger partial charge in [0, 0.05) is 20.4 Å². The van der Waals surface area contributed by atoms with Gasteiger partial charge in [-0.3, -0.25) is 0 Å². The number of ether oxygens (including phenoxy) is 2. The predicted molar refractivity (Wildman–Crippen MR) is 50.2 cm³/mol. The largest absolute Gasteiger partial charge is 1.00 e. The summed E-state index contributed by atoms with van der Waals surface area (Å²) in [7, 11) is 0. The summed E-state index contributed by atoms with van der Waals surface area (Å²) < 4.78 is 23.7. The SMILES string of the molecule is CC([NH-])C(F)c1ccc2c(c1)OCO2.[Rb+].[Re]. The second kappa shape index (κ2) is 7.58. The van der Waals surface area contributed by atoms with Crippen molar-refractivity contribution < 1.29 is 92.5 Å². The van der Waals surface area contributed by atoms with Gasteiger partial charge in [-0.05, 0) is 17.7 Å². The third-order valence-electron chi connectivity index (χ3n) is 2.15. The van der Waals surface area contributed by atoms with Crippen molar-refractivity contribution >= 4 is 0 Å². The van der Waals surface area contributed by atoms with Crippen molar-refractivity contribution in [1.82, 2.24) is 0 Å². The summed E-state index contributed by atoms with van der Waals surface area (Å²) in [5, 5.41) is 0. The Morgan fingerprint density at radius 1 is 1.31 bits per heavy atom. The minimum absolute atomic E-state index is 0. The van der Waals surface area contributed by atoms with Gasteiger partial charge in [0.15, 0.2) is 11.5 Å². The van der Waals surface area contributed by atoms with Crippen LogP contribution in [0, 0.1) is 0 Å². The fourth-order valence-corrected chi connectivity index (χ4v) is 1.37. The number of fused-ring (bicyclic) bond motifs is 1. The van der Waals surface area contributed by atoms with E-state index in [4.69, 9.17) is 15.2 Å². The van der Waals surface area contributed by atoms with Crippen molar-refractivity contribution in [2.45, 2.75) is 19.1 Å². The van der Waals surface area contributed by atoms with Crippen LogP contribution in [0.25, 0.3) is 5.73 Å². The van der Waals surface area contributed by atoms with Gasteiger partial charge in [0.2, 0.25) is 6.79 Å². The van der Waals surface area contributed by atoms with Gasteiger partial charge < -0.3 is 15.2 Å². The Hall–Kier alpha value is 1.18. The summed E-state index contributed by atoms with van der Waals surface area (Å²) >= 11 is 0. The van der Waals surface area contributed by atoms with Crippen molar-refractivity contribution in [2.75, 3.05) is 6.79 Å². The minimum Gasteiger partial charge on any atom is -0.672 e. The van der Waals surface area contributed by atoms with Crippen LogP contribution in [-0.2, 0) is 20.4 Å². The molecule has 1 aromatic rings. The zero-order valence-electron chi connectivity index (χ0n) is 9.17. The molecule has 6 heteroatoms. The summed E-state index contributed by atoms with van der Waals surface area (Å²) in [4.78, 5) is 0. The molecule has 1 aliphatic heterocycles. The van der Waals surface area contributed by atoms with Gasteiger partial charge >= 0.3 is 58.2 Å². The average molecular weight is 468 g/mol. The molecule has 0 spiro atoms. The molecular formula is C10H11FNO2RbRe. The maximum absolute atomic E-state index is 13.4. The number of alkyl halides is 1. The minimum atomic E-state index is -1.27. The zero-order chi connectivity index (χ0) is 10.1. The second-order valence-electron chi connectivity index (χ2n) is 3.30. The van der Waals surface area contributed by atoms with E-state index in [2.05, 4.69) is 0 Å². The number of halogens is 1. The molecule has 0 aliphatic carbocycles. The first-order valence-corrected chi connectivity index (χ1v) is 4.43. The normalized spacial score (nSPS) is 15.7. The van der Waals surface area contributed by atoms with Crippen LogP contribution in [0.5, 0.6) is 11.5 Å². The van der Waals surface area contributed by atoms with Crippen LogP contribution in [0.4, 0.5) is 4.39 Å². The molecule has 3 nitrogen and oxygen atoms in total. The van der Waals surface area contributed by atoms with Crippen LogP contribution in [0.1, 0.15) is 18.7 Å². The van der Waals surface area contributed by atoms with Crippen LogP contribution in [0.3, 0.4) is 0 Å². The van der Waals surface area contributed by atoms with E-state index in [1.54, 1.807) is 18.2 Å². The molecule has 2 rings (SSSR count). The van der Waals surface area contributed by atoms with Crippen LogP contribution in [-0.4, -0.2) is 12.8 Å². The van der Waals surface area contributed by atoms with E-state index in [1.807, 2.05) is 0 Å². The number of benzene rings is 1. The molecule has 1 aromatic carbocycles. The molecule has 1 radical (unpaired) electrons. The van der Waals surface area contributed by atoms with Gasteiger partial charge in [0.1, 0.15) is 6.17 Å². The monoisotopic (exact) mass is 468 g/mol. The van der Waals surface area contributed by atoms with Crippen LogP contribution >= 0.6 is 0 Å². The first-order chi connectivity index (χ1) is 6.68. The Bertz CT molecular complexity index is 352. The maximum Gasteiger partial charge on any atom is 1.00 e. The Morgan fingerprint density at radius 2 is 1.94 bits per heavy atom. The predicted octanol–water partition coefficient (Wildman–Crippen LogP) is -0.132. The second-order valence-corrected chi connectivity index (χ2v) is 3.30. The Kier molecular flexibility index (Phi) is 8.13. The third-order valence-corrected chi connectivity index (χ3v) is 2.15. The van der Waals surface area contributed by atoms with E-state index in [-0.39, 0.29) is 85.4 Å². The van der Waals surface area contributed by atoms with Gasteiger partial charge in [0.05, 0.1) is 0 Å². The van der Waals surface area contributed by atoms with Gasteiger partial charge in [-0.25, -0.2) is 4.39 Å². The van der Waals surface area contributed by atoms with Gasteiger partial charge in [-0.1, -0.05) is 13.0 Å². The third kappa shape index (κ3) is 3.84. The Morgan fingerprint density at radius 3 is 2.56 bits per heavy atom. The average Bonchev–Trinajstić information content (AvgIpc) is 2.62. The van der Waals surface area contributed by atoms with E-state index in [1.165, 1.54) is 6.92 Å². The molecule has 0 aromatic heterocycles. The first kappa shape index (κ1) is 17.2. The Labute approximate surface area is 157 Å². The molecule has 0 saturated heterocycles. The molecule has 16 heavy (non-hydrogen) atoms. The molecule has 1 aliphatic rings. The molecule has 0 saturated carbocycles. The van der Waals surface area contributed by atoms with E-state index >= 15 is 0 Å². The fourth-order valence-electron chi connectivity index (χ4n) is 1.37. The van der Waals surface area contributed by atoms with Gasteiger partial charge in [0.25, 0.3) is 0 Å². The summed E-state index contributed by atoms with van der Waals surface area (Å²) in [6.07, 6.45) is -1.27. The van der Waals surface area contributed by atoms with Crippen molar-refractivity contribution in [1.29, 1.82) is 0 Å². The molecule has 2 unspecified atom stereocenters. The van der Waals surface area contributed by atoms with Crippen molar-refractivity contribution in [3.8, 4) is 11.5 Å². The van der Waals surface area contributed by atoms with Crippen LogP contribution < -0.4 is 67.7 Å². The molecule has 2 atom stereocenters. The molecule has 1 N–H and O–H groups in total. The zero-order valence-corrected chi connectivity index (χ0v) is 16.8. The number of nitrogens with one attached hydrogen (secondary N) is 1. The van der Waals surface area contributed by atoms with Gasteiger partial charge in [-0.2, -0.15) is 0 Å². The van der Waals surface area contributed by atoms with Gasteiger partial charge in [-0.15, -0.1) is 6.04 Å². The van der Waals surface area contributed by atoms with Crippen molar-refractivity contribution in [3.63, 3.8) is 0 Å². The van der Waals surface area contributed by atoms with E-state index in [0.717, 1.165) is 0 Å². The molecule has 0 fully saturated rings. The smallest absolute Gasteiger partial charge is 0.672 e. The molecule has 0 amide bonds.